The highest BCUT2D eigenvalue weighted by molar-refractivity contribution is 7.22. The van der Waals surface area contributed by atoms with Crippen molar-refractivity contribution in [3.8, 4) is 0 Å². The molecule has 2 aromatic heterocycles. The van der Waals surface area contributed by atoms with Crippen molar-refractivity contribution in [1.29, 1.82) is 0 Å². The van der Waals surface area contributed by atoms with Crippen LogP contribution in [-0.2, 0) is 5.54 Å². The Morgan fingerprint density at radius 1 is 1.11 bits per heavy atom. The molecule has 1 aliphatic heterocycles. The third kappa shape index (κ3) is 3.40. The molecule has 28 heavy (non-hydrogen) atoms. The van der Waals surface area contributed by atoms with E-state index in [1.807, 2.05) is 43.9 Å². The summed E-state index contributed by atoms with van der Waals surface area (Å²) in [6, 6.07) is 9.00. The highest BCUT2D eigenvalue weighted by Gasteiger charge is 2.30. The number of thiazole rings is 1. The topological polar surface area (TPSA) is 80.1 Å². The van der Waals surface area contributed by atoms with Gasteiger partial charge in [-0.25, -0.2) is 4.68 Å². The fraction of sp³-hybridized carbons (Fsp3) is 0.400. The fourth-order valence-electron chi connectivity index (χ4n) is 3.29. The first kappa shape index (κ1) is 18.6. The zero-order valence-corrected chi connectivity index (χ0v) is 17.0. The van der Waals surface area contributed by atoms with Crippen LogP contribution in [0.3, 0.4) is 0 Å². The predicted molar refractivity (Wildman–Crippen MR) is 110 cm³/mol. The lowest BCUT2D eigenvalue weighted by atomic mass is 10.1. The van der Waals surface area contributed by atoms with Gasteiger partial charge in [-0.1, -0.05) is 29.5 Å². The summed E-state index contributed by atoms with van der Waals surface area (Å²) in [5, 5.41) is 7.92. The molecule has 0 spiro atoms. The number of anilines is 1. The maximum Gasteiger partial charge on any atom is 0.275 e. The molecule has 8 heteroatoms. The number of hydrogen-bond acceptors (Lipinski definition) is 5. The quantitative estimate of drug-likeness (QED) is 0.730. The van der Waals surface area contributed by atoms with Gasteiger partial charge in [-0.15, -0.1) is 0 Å². The molecular weight excluding hydrogens is 374 g/mol. The van der Waals surface area contributed by atoms with Gasteiger partial charge in [-0.05, 0) is 45.7 Å². The molecule has 1 N–H and O–H groups in total. The Bertz CT molecular complexity index is 1030. The average molecular weight is 398 g/mol. The number of nitrogens with zero attached hydrogens (tertiary/aromatic N) is 4. The third-order valence-electron chi connectivity index (χ3n) is 4.71. The largest absolute Gasteiger partial charge is 0.337 e. The van der Waals surface area contributed by atoms with E-state index >= 15 is 0 Å². The second kappa shape index (κ2) is 7.01. The summed E-state index contributed by atoms with van der Waals surface area (Å²) in [6.07, 6.45) is 2.05. The molecule has 3 heterocycles. The van der Waals surface area contributed by atoms with Gasteiger partial charge in [-0.3, -0.25) is 14.9 Å². The number of fused-ring (bicyclic) bond motifs is 1. The van der Waals surface area contributed by atoms with E-state index in [1.54, 1.807) is 16.8 Å². The van der Waals surface area contributed by atoms with E-state index in [2.05, 4.69) is 15.4 Å². The normalized spacial score (nSPS) is 14.6. The first-order valence-corrected chi connectivity index (χ1v) is 10.2. The first-order valence-electron chi connectivity index (χ1n) is 9.40. The summed E-state index contributed by atoms with van der Waals surface area (Å²) in [7, 11) is 0. The van der Waals surface area contributed by atoms with Crippen molar-refractivity contribution in [2.24, 2.45) is 0 Å². The van der Waals surface area contributed by atoms with Crippen LogP contribution < -0.4 is 5.32 Å². The number of rotatable bonds is 3. The van der Waals surface area contributed by atoms with Crippen LogP contribution in [0.5, 0.6) is 0 Å². The summed E-state index contributed by atoms with van der Waals surface area (Å²) in [6.45, 7) is 7.58. The molecule has 4 rings (SSSR count). The first-order chi connectivity index (χ1) is 13.3. The molecule has 0 saturated carbocycles. The second-order valence-corrected chi connectivity index (χ2v) is 8.92. The minimum absolute atomic E-state index is 0.0601. The van der Waals surface area contributed by atoms with E-state index in [0.29, 0.717) is 22.0 Å². The summed E-state index contributed by atoms with van der Waals surface area (Å²) in [4.78, 5) is 31.9. The fourth-order valence-corrected chi connectivity index (χ4v) is 4.21. The van der Waals surface area contributed by atoms with Crippen LogP contribution in [0.4, 0.5) is 5.13 Å². The van der Waals surface area contributed by atoms with Gasteiger partial charge in [0.15, 0.2) is 16.5 Å². The predicted octanol–water partition coefficient (Wildman–Crippen LogP) is 3.74. The number of nitrogens with one attached hydrogen (secondary N) is 1. The van der Waals surface area contributed by atoms with Crippen molar-refractivity contribution >= 4 is 38.6 Å². The van der Waals surface area contributed by atoms with E-state index < -0.39 is 0 Å². The maximum atomic E-state index is 13.0. The van der Waals surface area contributed by atoms with Gasteiger partial charge < -0.3 is 4.90 Å². The molecule has 0 aliphatic carbocycles. The summed E-state index contributed by atoms with van der Waals surface area (Å²) >= 11 is 1.30. The lowest BCUT2D eigenvalue weighted by Crippen LogP contribution is -2.29. The van der Waals surface area contributed by atoms with Gasteiger partial charge in [0.1, 0.15) is 4.70 Å². The van der Waals surface area contributed by atoms with Crippen LogP contribution in [0, 0.1) is 0 Å². The Morgan fingerprint density at radius 3 is 2.43 bits per heavy atom. The number of likely N-dealkylation sites (tertiary alicyclic amines) is 1. The molecule has 0 atom stereocenters. The minimum atomic E-state index is -0.337. The van der Waals surface area contributed by atoms with E-state index in [9.17, 15) is 9.59 Å². The number of carbonyl (C=O) groups is 2. The van der Waals surface area contributed by atoms with Crippen LogP contribution in [0.15, 0.2) is 30.3 Å². The van der Waals surface area contributed by atoms with Gasteiger partial charge in [0.2, 0.25) is 0 Å². The van der Waals surface area contributed by atoms with Crippen molar-refractivity contribution in [1.82, 2.24) is 19.7 Å². The zero-order valence-electron chi connectivity index (χ0n) is 16.2. The van der Waals surface area contributed by atoms with Crippen molar-refractivity contribution in [3.63, 3.8) is 0 Å². The number of aromatic nitrogens is 3. The molecule has 1 fully saturated rings. The molecule has 3 aromatic rings. The van der Waals surface area contributed by atoms with Crippen molar-refractivity contribution < 1.29 is 9.59 Å². The Kier molecular flexibility index (Phi) is 4.66. The second-order valence-electron chi connectivity index (χ2n) is 7.92. The minimum Gasteiger partial charge on any atom is -0.337 e. The SMILES string of the molecule is CC(C)(C)n1nc(C(=O)N2CCCC2)c2sc(NC(=O)c3ccccc3)nc21. The van der Waals surface area contributed by atoms with Crippen LogP contribution in [-0.4, -0.2) is 44.6 Å². The van der Waals surface area contributed by atoms with Gasteiger partial charge >= 0.3 is 0 Å². The smallest absolute Gasteiger partial charge is 0.275 e. The molecule has 1 aliphatic rings. The zero-order chi connectivity index (χ0) is 19.9. The van der Waals surface area contributed by atoms with Gasteiger partial charge in [-0.2, -0.15) is 10.1 Å². The van der Waals surface area contributed by atoms with Crippen molar-refractivity contribution in [3.05, 3.63) is 41.6 Å². The Morgan fingerprint density at radius 2 is 1.79 bits per heavy atom. The maximum absolute atomic E-state index is 13.0. The number of carbonyl (C=O) groups excluding carboxylic acids is 2. The highest BCUT2D eigenvalue weighted by atomic mass is 32.1. The lowest BCUT2D eigenvalue weighted by molar-refractivity contribution is 0.0787. The highest BCUT2D eigenvalue weighted by Crippen LogP contribution is 2.33. The molecule has 1 aromatic carbocycles. The molecular formula is C20H23N5O2S. The number of hydrogen-bond donors (Lipinski definition) is 1. The van der Waals surface area contributed by atoms with Crippen LogP contribution in [0.25, 0.3) is 10.3 Å². The monoisotopic (exact) mass is 397 g/mol. The van der Waals surface area contributed by atoms with Crippen molar-refractivity contribution in [2.45, 2.75) is 39.2 Å². The summed E-state index contributed by atoms with van der Waals surface area (Å²) < 4.78 is 2.50. The third-order valence-corrected chi connectivity index (χ3v) is 5.68. The lowest BCUT2D eigenvalue weighted by Gasteiger charge is -2.19. The molecule has 0 bridgehead atoms. The number of amides is 2. The summed E-state index contributed by atoms with van der Waals surface area (Å²) in [5.74, 6) is -0.283. The average Bonchev–Trinajstić information content (AvgIpc) is 3.37. The van der Waals surface area contributed by atoms with E-state index in [4.69, 9.17) is 0 Å². The van der Waals surface area contributed by atoms with Gasteiger partial charge in [0.05, 0.1) is 5.54 Å². The standard InChI is InChI=1S/C20H23N5O2S/c1-20(2,3)25-16-15(14(23-25)18(27)24-11-7-8-12-24)28-19(21-16)22-17(26)13-9-5-4-6-10-13/h4-6,9-10H,7-8,11-12H2,1-3H3,(H,21,22,26). The Hall–Kier alpha value is -2.74. The molecule has 146 valence electrons. The van der Waals surface area contributed by atoms with Gasteiger partial charge in [0.25, 0.3) is 11.8 Å². The molecule has 7 nitrogen and oxygen atoms in total. The summed E-state index contributed by atoms with van der Waals surface area (Å²) in [5.41, 5.74) is 1.27. The molecule has 0 unspecified atom stereocenters. The molecule has 0 radical (unpaired) electrons. The molecule has 2 amide bonds. The van der Waals surface area contributed by atoms with E-state index in [1.165, 1.54) is 11.3 Å². The van der Waals surface area contributed by atoms with Crippen LogP contribution in [0.1, 0.15) is 54.5 Å². The molecule has 1 saturated heterocycles. The Balaban J connectivity index is 1.72. The Labute approximate surface area is 167 Å². The van der Waals surface area contributed by atoms with Crippen LogP contribution >= 0.6 is 11.3 Å². The van der Waals surface area contributed by atoms with E-state index in [-0.39, 0.29) is 17.4 Å². The van der Waals surface area contributed by atoms with Crippen molar-refractivity contribution in [2.75, 3.05) is 18.4 Å². The van der Waals surface area contributed by atoms with E-state index in [0.717, 1.165) is 30.6 Å². The van der Waals surface area contributed by atoms with Gasteiger partial charge in [0, 0.05) is 18.7 Å². The van der Waals surface area contributed by atoms with Crippen LogP contribution in [0.2, 0.25) is 0 Å². The number of benzene rings is 1.